The summed E-state index contributed by atoms with van der Waals surface area (Å²) in [5.41, 5.74) is 0.315. The van der Waals surface area contributed by atoms with E-state index in [-0.39, 0.29) is 29.2 Å². The summed E-state index contributed by atoms with van der Waals surface area (Å²) in [7, 11) is -3.79. The third-order valence-electron chi connectivity index (χ3n) is 2.92. The van der Waals surface area contributed by atoms with Gasteiger partial charge in [-0.2, -0.15) is 0 Å². The van der Waals surface area contributed by atoms with Crippen molar-refractivity contribution in [3.8, 4) is 0 Å². The normalized spacial score (nSPS) is 14.8. The van der Waals surface area contributed by atoms with E-state index in [1.807, 2.05) is 0 Å². The highest BCUT2D eigenvalue weighted by atomic mass is 32.2. The summed E-state index contributed by atoms with van der Waals surface area (Å²) in [6.45, 7) is 1.06. The monoisotopic (exact) mass is 296 g/mol. The third kappa shape index (κ3) is 3.88. The quantitative estimate of drug-likeness (QED) is 0.745. The van der Waals surface area contributed by atoms with Crippen molar-refractivity contribution < 1.29 is 18.0 Å². The molecule has 0 unspecified atom stereocenters. The molecule has 1 aliphatic rings. The fraction of sp³-hybridized carbons (Fsp3) is 0.385. The molecule has 1 aromatic rings. The first-order valence-corrected chi connectivity index (χ1v) is 7.77. The smallest absolute Gasteiger partial charge is 0.241 e. The van der Waals surface area contributed by atoms with Gasteiger partial charge in [0.2, 0.25) is 15.9 Å². The number of rotatable bonds is 6. The molecule has 0 radical (unpaired) electrons. The van der Waals surface area contributed by atoms with E-state index in [1.54, 1.807) is 6.07 Å². The van der Waals surface area contributed by atoms with Gasteiger partial charge in [-0.25, -0.2) is 13.1 Å². The van der Waals surface area contributed by atoms with E-state index in [2.05, 4.69) is 10.0 Å². The lowest BCUT2D eigenvalue weighted by atomic mass is 10.2. The molecule has 2 rings (SSSR count). The molecular weight excluding hydrogens is 280 g/mol. The van der Waals surface area contributed by atoms with Crippen LogP contribution in [0.2, 0.25) is 0 Å². The van der Waals surface area contributed by atoms with Crippen LogP contribution in [0.3, 0.4) is 0 Å². The summed E-state index contributed by atoms with van der Waals surface area (Å²) in [6, 6.07) is 5.90. The number of Topliss-reactive ketones (excluding diaryl/α,β-unsaturated/α-hetero) is 1. The largest absolute Gasteiger partial charge is 0.352 e. The van der Waals surface area contributed by atoms with E-state index in [0.717, 1.165) is 12.8 Å². The number of hydrogen-bond donors (Lipinski definition) is 2. The maximum Gasteiger partial charge on any atom is 0.241 e. The topological polar surface area (TPSA) is 92.3 Å². The maximum absolute atomic E-state index is 12.0. The molecule has 1 aromatic carbocycles. The fourth-order valence-electron chi connectivity index (χ4n) is 1.63. The van der Waals surface area contributed by atoms with Gasteiger partial charge in [0, 0.05) is 11.6 Å². The van der Waals surface area contributed by atoms with Crippen LogP contribution in [-0.2, 0) is 14.8 Å². The van der Waals surface area contributed by atoms with Crippen molar-refractivity contribution in [2.45, 2.75) is 30.7 Å². The van der Waals surface area contributed by atoms with E-state index in [9.17, 15) is 18.0 Å². The standard InChI is InChI=1S/C13H16N2O4S/c1-9(16)10-3-2-4-12(7-10)20(18,19)14-8-13(17)15-11-5-6-11/h2-4,7,11,14H,5-6,8H2,1H3,(H,15,17). The molecule has 6 nitrogen and oxygen atoms in total. The van der Waals surface area contributed by atoms with Crippen LogP contribution >= 0.6 is 0 Å². The number of benzene rings is 1. The van der Waals surface area contributed by atoms with Crippen LogP contribution in [0.15, 0.2) is 29.2 Å². The molecule has 108 valence electrons. The first-order chi connectivity index (χ1) is 9.38. The first kappa shape index (κ1) is 14.7. The predicted octanol–water partition coefficient (Wildman–Crippen LogP) is 0.446. The van der Waals surface area contributed by atoms with Crippen LogP contribution in [0.25, 0.3) is 0 Å². The summed E-state index contributed by atoms with van der Waals surface area (Å²) in [4.78, 5) is 22.7. The summed E-state index contributed by atoms with van der Waals surface area (Å²) in [6.07, 6.45) is 1.89. The van der Waals surface area contributed by atoms with E-state index < -0.39 is 10.0 Å². The van der Waals surface area contributed by atoms with Gasteiger partial charge >= 0.3 is 0 Å². The molecule has 2 N–H and O–H groups in total. The van der Waals surface area contributed by atoms with Crippen LogP contribution in [0.1, 0.15) is 30.1 Å². The predicted molar refractivity (Wildman–Crippen MR) is 72.8 cm³/mol. The molecule has 1 saturated carbocycles. The molecule has 0 atom stereocenters. The van der Waals surface area contributed by atoms with E-state index in [0.29, 0.717) is 5.56 Å². The van der Waals surface area contributed by atoms with Crippen LogP contribution in [0, 0.1) is 0 Å². The van der Waals surface area contributed by atoms with Crippen molar-refractivity contribution >= 4 is 21.7 Å². The molecule has 0 bridgehead atoms. The van der Waals surface area contributed by atoms with Gasteiger partial charge in [0.25, 0.3) is 0 Å². The molecule has 0 aromatic heterocycles. The second-order valence-electron chi connectivity index (χ2n) is 4.75. The van der Waals surface area contributed by atoms with E-state index in [4.69, 9.17) is 0 Å². The molecule has 7 heteroatoms. The minimum atomic E-state index is -3.79. The van der Waals surface area contributed by atoms with Crippen LogP contribution in [0.4, 0.5) is 0 Å². The average molecular weight is 296 g/mol. The summed E-state index contributed by atoms with van der Waals surface area (Å²) < 4.78 is 26.2. The Morgan fingerprint density at radius 2 is 2.00 bits per heavy atom. The highest BCUT2D eigenvalue weighted by Gasteiger charge is 2.24. The van der Waals surface area contributed by atoms with Crippen molar-refractivity contribution in [1.29, 1.82) is 0 Å². The van der Waals surface area contributed by atoms with Crippen molar-refractivity contribution in [2.75, 3.05) is 6.54 Å². The van der Waals surface area contributed by atoms with Crippen molar-refractivity contribution in [3.05, 3.63) is 29.8 Å². The fourth-order valence-corrected chi connectivity index (χ4v) is 2.66. The van der Waals surface area contributed by atoms with Gasteiger partial charge in [0.1, 0.15) is 0 Å². The van der Waals surface area contributed by atoms with Crippen LogP contribution in [0.5, 0.6) is 0 Å². The lowest BCUT2D eigenvalue weighted by Gasteiger charge is -2.08. The zero-order valence-electron chi connectivity index (χ0n) is 11.0. The summed E-state index contributed by atoms with van der Waals surface area (Å²) in [5, 5.41) is 2.69. The number of carbonyl (C=O) groups is 2. The van der Waals surface area contributed by atoms with Gasteiger partial charge in [-0.3, -0.25) is 9.59 Å². The Morgan fingerprint density at radius 1 is 1.30 bits per heavy atom. The van der Waals surface area contributed by atoms with Crippen LogP contribution in [-0.4, -0.2) is 32.7 Å². The molecular formula is C13H16N2O4S. The van der Waals surface area contributed by atoms with Gasteiger partial charge in [-0.05, 0) is 31.9 Å². The second kappa shape index (κ2) is 5.72. The molecule has 1 fully saturated rings. The maximum atomic E-state index is 12.0. The summed E-state index contributed by atoms with van der Waals surface area (Å²) in [5.74, 6) is -0.563. The van der Waals surface area contributed by atoms with Gasteiger partial charge in [0.15, 0.2) is 5.78 Å². The van der Waals surface area contributed by atoms with Crippen molar-refractivity contribution in [3.63, 3.8) is 0 Å². The van der Waals surface area contributed by atoms with Crippen molar-refractivity contribution in [2.24, 2.45) is 0 Å². The van der Waals surface area contributed by atoms with Crippen molar-refractivity contribution in [1.82, 2.24) is 10.0 Å². The molecule has 20 heavy (non-hydrogen) atoms. The van der Waals surface area contributed by atoms with Gasteiger partial charge in [-0.1, -0.05) is 12.1 Å². The van der Waals surface area contributed by atoms with Gasteiger partial charge in [0.05, 0.1) is 11.4 Å². The SMILES string of the molecule is CC(=O)c1cccc(S(=O)(=O)NCC(=O)NC2CC2)c1. The number of ketones is 1. The number of carbonyl (C=O) groups excluding carboxylic acids is 2. The molecule has 0 heterocycles. The lowest BCUT2D eigenvalue weighted by Crippen LogP contribution is -2.37. The van der Waals surface area contributed by atoms with Gasteiger partial charge in [-0.15, -0.1) is 0 Å². The Kier molecular flexibility index (Phi) is 4.20. The Bertz CT molecular complexity index is 636. The highest BCUT2D eigenvalue weighted by molar-refractivity contribution is 7.89. The molecule has 0 spiro atoms. The van der Waals surface area contributed by atoms with Gasteiger partial charge < -0.3 is 5.32 Å². The molecule has 0 saturated heterocycles. The lowest BCUT2D eigenvalue weighted by molar-refractivity contribution is -0.120. The first-order valence-electron chi connectivity index (χ1n) is 6.28. The Hall–Kier alpha value is -1.73. The molecule has 0 aliphatic heterocycles. The Labute approximate surface area is 117 Å². The number of nitrogens with one attached hydrogen (secondary N) is 2. The Morgan fingerprint density at radius 3 is 2.60 bits per heavy atom. The third-order valence-corrected chi connectivity index (χ3v) is 4.31. The van der Waals surface area contributed by atoms with E-state index in [1.165, 1.54) is 25.1 Å². The minimum Gasteiger partial charge on any atom is -0.352 e. The zero-order valence-corrected chi connectivity index (χ0v) is 11.9. The van der Waals surface area contributed by atoms with Crippen LogP contribution < -0.4 is 10.0 Å². The highest BCUT2D eigenvalue weighted by Crippen LogP contribution is 2.18. The van der Waals surface area contributed by atoms with E-state index >= 15 is 0 Å². The minimum absolute atomic E-state index is 0.0237. The number of amides is 1. The second-order valence-corrected chi connectivity index (χ2v) is 6.52. The Balaban J connectivity index is 2.03. The average Bonchev–Trinajstić information content (AvgIpc) is 3.20. The molecule has 1 amide bonds. The zero-order chi connectivity index (χ0) is 14.8. The number of hydrogen-bond acceptors (Lipinski definition) is 4. The summed E-state index contributed by atoms with van der Waals surface area (Å²) >= 11 is 0. The number of sulfonamides is 1. The molecule has 1 aliphatic carbocycles.